The standard InChI is InChI=1S/C16H25N3O/c1-2-11-17-15-10-6-9-14(19-15)16(20)18-12-13-7-4-3-5-8-13/h6,9-10,13H,2-5,7-8,11-12H2,1H3,(H,17,19)(H,18,20). The van der Waals surface area contributed by atoms with E-state index >= 15 is 0 Å². The number of carbonyl (C=O) groups excluding carboxylic acids is 1. The maximum Gasteiger partial charge on any atom is 0.269 e. The third-order valence-electron chi connectivity index (χ3n) is 3.81. The minimum Gasteiger partial charge on any atom is -0.370 e. The first-order valence-electron chi connectivity index (χ1n) is 7.78. The van der Waals surface area contributed by atoms with Crippen LogP contribution in [0.4, 0.5) is 5.82 Å². The molecule has 4 heteroatoms. The summed E-state index contributed by atoms with van der Waals surface area (Å²) in [5.74, 6) is 1.36. The number of nitrogens with one attached hydrogen (secondary N) is 2. The Morgan fingerprint density at radius 1 is 1.30 bits per heavy atom. The van der Waals surface area contributed by atoms with Gasteiger partial charge in [0.2, 0.25) is 0 Å². The number of rotatable bonds is 6. The molecule has 0 atom stereocenters. The summed E-state index contributed by atoms with van der Waals surface area (Å²) in [7, 11) is 0. The van der Waals surface area contributed by atoms with E-state index in [-0.39, 0.29) is 5.91 Å². The average Bonchev–Trinajstić information content (AvgIpc) is 2.52. The van der Waals surface area contributed by atoms with Crippen molar-refractivity contribution in [1.29, 1.82) is 0 Å². The second kappa shape index (κ2) is 7.88. The largest absolute Gasteiger partial charge is 0.370 e. The van der Waals surface area contributed by atoms with Crippen LogP contribution in [-0.2, 0) is 0 Å². The fraction of sp³-hybridized carbons (Fsp3) is 0.625. The molecule has 1 aliphatic carbocycles. The molecular formula is C16H25N3O. The third kappa shape index (κ3) is 4.51. The predicted molar refractivity (Wildman–Crippen MR) is 81.9 cm³/mol. The number of hydrogen-bond donors (Lipinski definition) is 2. The van der Waals surface area contributed by atoms with Crippen molar-refractivity contribution >= 4 is 11.7 Å². The molecule has 0 saturated heterocycles. The average molecular weight is 275 g/mol. The van der Waals surface area contributed by atoms with Crippen LogP contribution in [0.5, 0.6) is 0 Å². The summed E-state index contributed by atoms with van der Waals surface area (Å²) in [6.45, 7) is 3.76. The Labute approximate surface area is 121 Å². The SMILES string of the molecule is CCCNc1cccc(C(=O)NCC2CCCCC2)n1. The second-order valence-electron chi connectivity index (χ2n) is 5.55. The van der Waals surface area contributed by atoms with Crippen molar-refractivity contribution in [3.63, 3.8) is 0 Å². The number of pyridine rings is 1. The molecule has 0 aromatic carbocycles. The molecule has 1 amide bonds. The Balaban J connectivity index is 1.84. The van der Waals surface area contributed by atoms with E-state index in [1.54, 1.807) is 6.07 Å². The van der Waals surface area contributed by atoms with Crippen LogP contribution in [0, 0.1) is 5.92 Å². The Hall–Kier alpha value is -1.58. The van der Waals surface area contributed by atoms with Crippen LogP contribution in [0.1, 0.15) is 55.9 Å². The van der Waals surface area contributed by atoms with E-state index < -0.39 is 0 Å². The van der Waals surface area contributed by atoms with Gasteiger partial charge in [-0.05, 0) is 37.3 Å². The molecule has 20 heavy (non-hydrogen) atoms. The van der Waals surface area contributed by atoms with E-state index in [0.29, 0.717) is 11.6 Å². The van der Waals surface area contributed by atoms with Crippen molar-refractivity contribution in [2.45, 2.75) is 45.4 Å². The predicted octanol–water partition coefficient (Wildman–Crippen LogP) is 3.21. The van der Waals surface area contributed by atoms with Crippen molar-refractivity contribution in [2.24, 2.45) is 5.92 Å². The van der Waals surface area contributed by atoms with Crippen LogP contribution >= 0.6 is 0 Å². The lowest BCUT2D eigenvalue weighted by Crippen LogP contribution is -2.30. The number of aromatic nitrogens is 1. The summed E-state index contributed by atoms with van der Waals surface area (Å²) in [5, 5.41) is 6.23. The van der Waals surface area contributed by atoms with Gasteiger partial charge < -0.3 is 10.6 Å². The number of amides is 1. The topological polar surface area (TPSA) is 54.0 Å². The number of carbonyl (C=O) groups is 1. The highest BCUT2D eigenvalue weighted by molar-refractivity contribution is 5.92. The molecule has 1 aromatic heterocycles. The lowest BCUT2D eigenvalue weighted by atomic mass is 9.89. The minimum atomic E-state index is -0.0595. The lowest BCUT2D eigenvalue weighted by molar-refractivity contribution is 0.0938. The van der Waals surface area contributed by atoms with Crippen LogP contribution in [0.3, 0.4) is 0 Å². The highest BCUT2D eigenvalue weighted by Gasteiger charge is 2.15. The van der Waals surface area contributed by atoms with Gasteiger partial charge in [-0.1, -0.05) is 32.3 Å². The van der Waals surface area contributed by atoms with Crippen LogP contribution < -0.4 is 10.6 Å². The Morgan fingerprint density at radius 3 is 2.85 bits per heavy atom. The summed E-state index contributed by atoms with van der Waals surface area (Å²) < 4.78 is 0. The first-order valence-corrected chi connectivity index (χ1v) is 7.78. The summed E-state index contributed by atoms with van der Waals surface area (Å²) in [4.78, 5) is 16.5. The molecule has 1 aliphatic rings. The van der Waals surface area contributed by atoms with Gasteiger partial charge in [0.1, 0.15) is 11.5 Å². The summed E-state index contributed by atoms with van der Waals surface area (Å²) >= 11 is 0. The van der Waals surface area contributed by atoms with Gasteiger partial charge in [-0.15, -0.1) is 0 Å². The zero-order chi connectivity index (χ0) is 14.2. The third-order valence-corrected chi connectivity index (χ3v) is 3.81. The molecule has 1 saturated carbocycles. The maximum atomic E-state index is 12.1. The molecule has 0 spiro atoms. The van der Waals surface area contributed by atoms with Gasteiger partial charge in [-0.3, -0.25) is 4.79 Å². The Morgan fingerprint density at radius 2 is 2.10 bits per heavy atom. The van der Waals surface area contributed by atoms with Crippen molar-refractivity contribution < 1.29 is 4.79 Å². The zero-order valence-corrected chi connectivity index (χ0v) is 12.3. The minimum absolute atomic E-state index is 0.0595. The van der Waals surface area contributed by atoms with E-state index in [2.05, 4.69) is 22.5 Å². The Kier molecular flexibility index (Phi) is 5.84. The van der Waals surface area contributed by atoms with Gasteiger partial charge in [-0.25, -0.2) is 4.98 Å². The summed E-state index contributed by atoms with van der Waals surface area (Å²) in [6.07, 6.45) is 7.47. The molecule has 4 nitrogen and oxygen atoms in total. The molecule has 110 valence electrons. The van der Waals surface area contributed by atoms with Crippen LogP contribution in [-0.4, -0.2) is 24.0 Å². The molecule has 2 rings (SSSR count). The van der Waals surface area contributed by atoms with Crippen LogP contribution in [0.25, 0.3) is 0 Å². The molecular weight excluding hydrogens is 250 g/mol. The van der Waals surface area contributed by atoms with E-state index in [1.807, 2.05) is 12.1 Å². The van der Waals surface area contributed by atoms with Gasteiger partial charge in [0, 0.05) is 13.1 Å². The van der Waals surface area contributed by atoms with Gasteiger partial charge >= 0.3 is 0 Å². The highest BCUT2D eigenvalue weighted by Crippen LogP contribution is 2.22. The smallest absolute Gasteiger partial charge is 0.269 e. The van der Waals surface area contributed by atoms with E-state index in [1.165, 1.54) is 32.1 Å². The normalized spacial score (nSPS) is 15.8. The molecule has 1 fully saturated rings. The first-order chi connectivity index (χ1) is 9.79. The van der Waals surface area contributed by atoms with Gasteiger partial charge in [0.15, 0.2) is 0 Å². The maximum absolute atomic E-state index is 12.1. The molecule has 0 bridgehead atoms. The van der Waals surface area contributed by atoms with Gasteiger partial charge in [-0.2, -0.15) is 0 Å². The number of nitrogens with zero attached hydrogens (tertiary/aromatic N) is 1. The number of anilines is 1. The molecule has 1 aromatic rings. The number of hydrogen-bond acceptors (Lipinski definition) is 3. The highest BCUT2D eigenvalue weighted by atomic mass is 16.1. The van der Waals surface area contributed by atoms with E-state index in [4.69, 9.17) is 0 Å². The summed E-state index contributed by atoms with van der Waals surface area (Å²) in [6, 6.07) is 5.54. The monoisotopic (exact) mass is 275 g/mol. The zero-order valence-electron chi connectivity index (χ0n) is 12.3. The van der Waals surface area contributed by atoms with Crippen LogP contribution in [0.15, 0.2) is 18.2 Å². The van der Waals surface area contributed by atoms with Crippen molar-refractivity contribution in [2.75, 3.05) is 18.4 Å². The molecule has 2 N–H and O–H groups in total. The Bertz CT molecular complexity index is 427. The lowest BCUT2D eigenvalue weighted by Gasteiger charge is -2.21. The fourth-order valence-corrected chi connectivity index (χ4v) is 2.63. The van der Waals surface area contributed by atoms with Crippen molar-refractivity contribution in [3.8, 4) is 0 Å². The van der Waals surface area contributed by atoms with Crippen LogP contribution in [0.2, 0.25) is 0 Å². The molecule has 0 radical (unpaired) electrons. The quantitative estimate of drug-likeness (QED) is 0.838. The van der Waals surface area contributed by atoms with E-state index in [0.717, 1.165) is 25.3 Å². The van der Waals surface area contributed by atoms with Crippen molar-refractivity contribution in [3.05, 3.63) is 23.9 Å². The van der Waals surface area contributed by atoms with Gasteiger partial charge in [0.05, 0.1) is 0 Å². The molecule has 0 aliphatic heterocycles. The molecule has 1 heterocycles. The van der Waals surface area contributed by atoms with E-state index in [9.17, 15) is 4.79 Å². The molecule has 0 unspecified atom stereocenters. The van der Waals surface area contributed by atoms with Crippen molar-refractivity contribution in [1.82, 2.24) is 10.3 Å². The fourth-order valence-electron chi connectivity index (χ4n) is 2.63. The summed E-state index contributed by atoms with van der Waals surface area (Å²) in [5.41, 5.74) is 0.502. The second-order valence-corrected chi connectivity index (χ2v) is 5.55. The van der Waals surface area contributed by atoms with Gasteiger partial charge in [0.25, 0.3) is 5.91 Å². The first kappa shape index (κ1) is 14.8.